The molecule has 3 aromatic rings. The fraction of sp³-hybridized carbons (Fsp3) is 0.321. The Labute approximate surface area is 218 Å². The molecule has 9 heteroatoms. The van der Waals surface area contributed by atoms with Gasteiger partial charge in [0.05, 0.1) is 4.90 Å². The summed E-state index contributed by atoms with van der Waals surface area (Å²) >= 11 is 0. The highest BCUT2D eigenvalue weighted by Gasteiger charge is 2.34. The molecule has 5 N–H and O–H groups in total. The highest BCUT2D eigenvalue weighted by molar-refractivity contribution is 7.89. The number of nitrogens with one attached hydrogen (secondary N) is 1. The molecule has 0 heterocycles. The maximum Gasteiger partial charge on any atom is 0.253 e. The predicted octanol–water partition coefficient (Wildman–Crippen LogP) is 3.68. The molecule has 1 unspecified atom stereocenters. The van der Waals surface area contributed by atoms with Gasteiger partial charge in [0, 0.05) is 42.7 Å². The number of nitrogen functional groups attached to an aromatic ring is 1. The van der Waals surface area contributed by atoms with Crippen molar-refractivity contribution in [3.63, 3.8) is 0 Å². The van der Waals surface area contributed by atoms with Gasteiger partial charge in [-0.15, -0.1) is 0 Å². The van der Waals surface area contributed by atoms with E-state index in [2.05, 4.69) is 5.32 Å². The molecule has 37 heavy (non-hydrogen) atoms. The van der Waals surface area contributed by atoms with Gasteiger partial charge in [-0.1, -0.05) is 50.2 Å². The fourth-order valence-corrected chi connectivity index (χ4v) is 5.70. The van der Waals surface area contributed by atoms with E-state index >= 15 is 0 Å². The molecule has 0 saturated heterocycles. The van der Waals surface area contributed by atoms with Crippen LogP contribution in [0.2, 0.25) is 0 Å². The van der Waals surface area contributed by atoms with E-state index in [1.54, 1.807) is 19.1 Å². The molecule has 0 aliphatic carbocycles. The van der Waals surface area contributed by atoms with Crippen LogP contribution < -0.4 is 11.1 Å². The number of phenols is 1. The number of rotatable bonds is 11. The van der Waals surface area contributed by atoms with Crippen molar-refractivity contribution in [2.45, 2.75) is 44.2 Å². The SMILES string of the molecule is Cc1c(O)cccc1C(=O)NC(O)(CCN(CC(C)C)S(=O)(=O)c1ccc(N)cc1)Cc1ccccc1. The number of amides is 1. The predicted molar refractivity (Wildman–Crippen MR) is 144 cm³/mol. The Kier molecular flexibility index (Phi) is 8.96. The molecule has 198 valence electrons. The fourth-order valence-electron chi connectivity index (χ4n) is 4.09. The smallest absolute Gasteiger partial charge is 0.253 e. The molecule has 3 aromatic carbocycles. The number of nitrogens with two attached hydrogens (primary N) is 1. The maximum atomic E-state index is 13.5. The molecular formula is C28H35N3O5S. The van der Waals surface area contributed by atoms with Gasteiger partial charge in [0.25, 0.3) is 5.91 Å². The van der Waals surface area contributed by atoms with Crippen LogP contribution in [0.1, 0.15) is 41.8 Å². The Hall–Kier alpha value is -3.40. The molecule has 1 atom stereocenters. The quantitative estimate of drug-likeness (QED) is 0.223. The molecule has 1 amide bonds. The Morgan fingerprint density at radius 1 is 1.03 bits per heavy atom. The number of carbonyl (C=O) groups is 1. The molecular weight excluding hydrogens is 490 g/mol. The first-order valence-electron chi connectivity index (χ1n) is 12.1. The van der Waals surface area contributed by atoms with Gasteiger partial charge < -0.3 is 21.3 Å². The number of nitrogens with zero attached hydrogens (tertiary/aromatic N) is 1. The number of benzene rings is 3. The van der Waals surface area contributed by atoms with Gasteiger partial charge in [0.2, 0.25) is 10.0 Å². The highest BCUT2D eigenvalue weighted by Crippen LogP contribution is 2.24. The molecule has 0 fully saturated rings. The van der Waals surface area contributed by atoms with Crippen LogP contribution in [-0.4, -0.2) is 47.7 Å². The molecule has 0 spiro atoms. The minimum atomic E-state index is -3.88. The van der Waals surface area contributed by atoms with E-state index in [4.69, 9.17) is 5.73 Å². The van der Waals surface area contributed by atoms with Crippen molar-refractivity contribution in [2.24, 2.45) is 5.92 Å². The summed E-state index contributed by atoms with van der Waals surface area (Å²) in [5.41, 5.74) is 5.81. The third-order valence-electron chi connectivity index (χ3n) is 6.10. The zero-order valence-electron chi connectivity index (χ0n) is 21.4. The van der Waals surface area contributed by atoms with Gasteiger partial charge in [-0.05, 0) is 54.8 Å². The summed E-state index contributed by atoms with van der Waals surface area (Å²) in [6, 6.07) is 19.7. The average molecular weight is 526 g/mol. The lowest BCUT2D eigenvalue weighted by Crippen LogP contribution is -2.52. The van der Waals surface area contributed by atoms with E-state index < -0.39 is 21.7 Å². The minimum Gasteiger partial charge on any atom is -0.508 e. The largest absolute Gasteiger partial charge is 0.508 e. The maximum absolute atomic E-state index is 13.5. The van der Waals surface area contributed by atoms with Crippen LogP contribution in [0.4, 0.5) is 5.69 Å². The minimum absolute atomic E-state index is 0.0234. The number of phenolic OH excluding ortho intramolecular Hbond substituents is 1. The van der Waals surface area contributed by atoms with Gasteiger partial charge in [-0.2, -0.15) is 4.31 Å². The van der Waals surface area contributed by atoms with E-state index in [1.807, 2.05) is 44.2 Å². The second-order valence-corrected chi connectivity index (χ2v) is 11.6. The van der Waals surface area contributed by atoms with Crippen molar-refractivity contribution in [2.75, 3.05) is 18.8 Å². The summed E-state index contributed by atoms with van der Waals surface area (Å²) in [6.45, 7) is 5.63. The zero-order chi connectivity index (χ0) is 27.2. The van der Waals surface area contributed by atoms with Crippen molar-refractivity contribution in [1.82, 2.24) is 9.62 Å². The first kappa shape index (κ1) is 28.2. The van der Waals surface area contributed by atoms with Crippen molar-refractivity contribution in [3.8, 4) is 5.75 Å². The molecule has 3 rings (SSSR count). The van der Waals surface area contributed by atoms with Crippen LogP contribution in [0, 0.1) is 12.8 Å². The molecule has 0 aliphatic heterocycles. The Balaban J connectivity index is 1.91. The van der Waals surface area contributed by atoms with Gasteiger partial charge in [-0.3, -0.25) is 4.79 Å². The lowest BCUT2D eigenvalue weighted by molar-refractivity contribution is -0.00271. The molecule has 0 aliphatic rings. The van der Waals surface area contributed by atoms with E-state index in [9.17, 15) is 23.4 Å². The number of aliphatic hydroxyl groups is 1. The van der Waals surface area contributed by atoms with Crippen LogP contribution in [0.5, 0.6) is 5.75 Å². The average Bonchev–Trinajstić information content (AvgIpc) is 2.84. The molecule has 0 aromatic heterocycles. The number of aromatic hydroxyl groups is 1. The first-order valence-corrected chi connectivity index (χ1v) is 13.6. The van der Waals surface area contributed by atoms with Crippen LogP contribution in [0.15, 0.2) is 77.7 Å². The number of sulfonamides is 1. The second-order valence-electron chi connectivity index (χ2n) is 9.67. The van der Waals surface area contributed by atoms with Crippen molar-refractivity contribution in [3.05, 3.63) is 89.5 Å². The highest BCUT2D eigenvalue weighted by atomic mass is 32.2. The summed E-state index contributed by atoms with van der Waals surface area (Å²) in [6.07, 6.45) is 0.00129. The van der Waals surface area contributed by atoms with Crippen molar-refractivity contribution in [1.29, 1.82) is 0 Å². The van der Waals surface area contributed by atoms with Crippen LogP contribution in [-0.2, 0) is 16.4 Å². The van der Waals surface area contributed by atoms with E-state index in [0.29, 0.717) is 11.3 Å². The number of anilines is 1. The number of hydrogen-bond donors (Lipinski definition) is 4. The lowest BCUT2D eigenvalue weighted by Gasteiger charge is -2.33. The van der Waals surface area contributed by atoms with E-state index in [0.717, 1.165) is 5.56 Å². The summed E-state index contributed by atoms with van der Waals surface area (Å²) in [7, 11) is -3.88. The Bertz CT molecular complexity index is 1310. The van der Waals surface area contributed by atoms with Crippen LogP contribution in [0.25, 0.3) is 0 Å². The summed E-state index contributed by atoms with van der Waals surface area (Å²) < 4.78 is 28.3. The number of carbonyl (C=O) groups excluding carboxylic acids is 1. The molecule has 0 saturated carbocycles. The van der Waals surface area contributed by atoms with Gasteiger partial charge in [-0.25, -0.2) is 8.42 Å². The number of hydrogen-bond acceptors (Lipinski definition) is 6. The van der Waals surface area contributed by atoms with E-state index in [-0.39, 0.29) is 48.1 Å². The molecule has 0 radical (unpaired) electrons. The third kappa shape index (κ3) is 7.31. The van der Waals surface area contributed by atoms with Gasteiger partial charge in [0.15, 0.2) is 0 Å². The summed E-state index contributed by atoms with van der Waals surface area (Å²) in [5, 5.41) is 24.4. The normalized spacial score (nSPS) is 13.5. The first-order chi connectivity index (χ1) is 17.4. The van der Waals surface area contributed by atoms with E-state index in [1.165, 1.54) is 34.6 Å². The lowest BCUT2D eigenvalue weighted by atomic mass is 9.98. The zero-order valence-corrected chi connectivity index (χ0v) is 22.2. The third-order valence-corrected chi connectivity index (χ3v) is 7.98. The Morgan fingerprint density at radius 3 is 2.30 bits per heavy atom. The standard InChI is InChI=1S/C28H35N3O5S/c1-20(2)19-31(37(35,36)24-14-12-23(29)13-15-24)17-16-28(34,18-22-8-5-4-6-9-22)30-27(33)25-10-7-11-26(32)21(25)3/h4-15,20,32,34H,16-19,29H2,1-3H3,(H,30,33). The van der Waals surface area contributed by atoms with Crippen molar-refractivity contribution >= 4 is 21.6 Å². The summed E-state index contributed by atoms with van der Waals surface area (Å²) in [4.78, 5) is 13.3. The van der Waals surface area contributed by atoms with Crippen LogP contribution >= 0.6 is 0 Å². The Morgan fingerprint density at radius 2 is 1.68 bits per heavy atom. The topological polar surface area (TPSA) is 133 Å². The van der Waals surface area contributed by atoms with Crippen LogP contribution in [0.3, 0.4) is 0 Å². The molecule has 0 bridgehead atoms. The van der Waals surface area contributed by atoms with Gasteiger partial charge >= 0.3 is 0 Å². The summed E-state index contributed by atoms with van der Waals surface area (Å²) in [5.74, 6) is -0.573. The van der Waals surface area contributed by atoms with Gasteiger partial charge in [0.1, 0.15) is 11.5 Å². The van der Waals surface area contributed by atoms with Crippen molar-refractivity contribution < 1.29 is 23.4 Å². The monoisotopic (exact) mass is 525 g/mol. The molecule has 8 nitrogen and oxygen atoms in total. The second kappa shape index (κ2) is 11.8.